The second-order valence-corrected chi connectivity index (χ2v) is 4.06. The van der Waals surface area contributed by atoms with Crippen molar-refractivity contribution < 1.29 is 9.53 Å². The van der Waals surface area contributed by atoms with E-state index in [0.29, 0.717) is 5.70 Å². The molecule has 0 aromatic heterocycles. The minimum Gasteiger partial charge on any atom is -0.458 e. The van der Waals surface area contributed by atoms with Crippen LogP contribution in [0.5, 0.6) is 0 Å². The normalized spacial score (nSPS) is 26.5. The van der Waals surface area contributed by atoms with Crippen molar-refractivity contribution in [1.29, 1.82) is 0 Å². The molecule has 72 valence electrons. The smallest absolute Gasteiger partial charge is 0.355 e. The zero-order valence-electron chi connectivity index (χ0n) is 7.37. The maximum absolute atomic E-state index is 11.4. The molecule has 0 spiro atoms. The second kappa shape index (κ2) is 3.59. The lowest BCUT2D eigenvalue weighted by molar-refractivity contribution is -0.140. The standard InChI is InChI=1S/C8H12N2O2S/c1-9-8-10-6(4-13-8)7(11)12-5-2-3-5/h4-5,8-10H,2-3H2,1H3. The van der Waals surface area contributed by atoms with E-state index >= 15 is 0 Å². The van der Waals surface area contributed by atoms with Crippen LogP contribution < -0.4 is 10.6 Å². The Labute approximate surface area is 81.1 Å². The number of rotatable bonds is 3. The predicted molar refractivity (Wildman–Crippen MR) is 50.8 cm³/mol. The van der Waals surface area contributed by atoms with E-state index in [1.165, 1.54) is 0 Å². The highest BCUT2D eigenvalue weighted by molar-refractivity contribution is 8.02. The van der Waals surface area contributed by atoms with E-state index in [-0.39, 0.29) is 17.6 Å². The molecule has 1 saturated carbocycles. The number of carbonyl (C=O) groups is 1. The molecule has 0 radical (unpaired) electrons. The molecule has 0 saturated heterocycles. The minimum absolute atomic E-state index is 0.0988. The van der Waals surface area contributed by atoms with Gasteiger partial charge in [0.1, 0.15) is 17.3 Å². The molecule has 2 aliphatic rings. The van der Waals surface area contributed by atoms with Crippen molar-refractivity contribution in [3.05, 3.63) is 11.1 Å². The average molecular weight is 200 g/mol. The number of thioether (sulfide) groups is 1. The molecule has 2 rings (SSSR count). The first-order chi connectivity index (χ1) is 6.29. The SMILES string of the molecule is CNC1NC(C(=O)OC2CC2)=CS1. The first-order valence-corrected chi connectivity index (χ1v) is 5.24. The van der Waals surface area contributed by atoms with Crippen LogP contribution in [0.1, 0.15) is 12.8 Å². The van der Waals surface area contributed by atoms with Crippen LogP contribution in [-0.4, -0.2) is 24.6 Å². The number of esters is 1. The number of carbonyl (C=O) groups excluding carboxylic acids is 1. The third-order valence-electron chi connectivity index (χ3n) is 1.89. The largest absolute Gasteiger partial charge is 0.458 e. The van der Waals surface area contributed by atoms with Gasteiger partial charge in [-0.05, 0) is 19.9 Å². The summed E-state index contributed by atoms with van der Waals surface area (Å²) in [4.78, 5) is 11.4. The first-order valence-electron chi connectivity index (χ1n) is 4.30. The fourth-order valence-corrected chi connectivity index (χ4v) is 1.76. The van der Waals surface area contributed by atoms with Gasteiger partial charge in [0.25, 0.3) is 0 Å². The molecule has 0 aromatic carbocycles. The van der Waals surface area contributed by atoms with E-state index in [4.69, 9.17) is 4.74 Å². The summed E-state index contributed by atoms with van der Waals surface area (Å²) in [6.07, 6.45) is 2.21. The summed E-state index contributed by atoms with van der Waals surface area (Å²) < 4.78 is 5.13. The minimum atomic E-state index is -0.229. The Morgan fingerprint density at radius 2 is 2.54 bits per heavy atom. The van der Waals surface area contributed by atoms with Crippen LogP contribution in [0.2, 0.25) is 0 Å². The number of nitrogens with one attached hydrogen (secondary N) is 2. The van der Waals surface area contributed by atoms with Crippen LogP contribution in [0, 0.1) is 0 Å². The molecular formula is C8H12N2O2S. The van der Waals surface area contributed by atoms with Gasteiger partial charge in [-0.3, -0.25) is 5.32 Å². The molecule has 0 aromatic rings. The third-order valence-corrected chi connectivity index (χ3v) is 2.89. The molecule has 0 bridgehead atoms. The van der Waals surface area contributed by atoms with Gasteiger partial charge in [-0.2, -0.15) is 0 Å². The van der Waals surface area contributed by atoms with Crippen molar-refractivity contribution in [3.8, 4) is 0 Å². The van der Waals surface area contributed by atoms with Crippen LogP contribution in [0.15, 0.2) is 11.1 Å². The van der Waals surface area contributed by atoms with E-state index < -0.39 is 0 Å². The van der Waals surface area contributed by atoms with E-state index in [1.54, 1.807) is 17.2 Å². The average Bonchev–Trinajstić information content (AvgIpc) is 2.82. The van der Waals surface area contributed by atoms with Crippen molar-refractivity contribution in [2.45, 2.75) is 24.4 Å². The lowest BCUT2D eigenvalue weighted by atomic mass is 10.5. The molecule has 1 heterocycles. The van der Waals surface area contributed by atoms with Crippen molar-refractivity contribution in [2.24, 2.45) is 0 Å². The summed E-state index contributed by atoms with van der Waals surface area (Å²) in [5.41, 5.74) is 0.665. The lowest BCUT2D eigenvalue weighted by Gasteiger charge is -2.10. The number of ether oxygens (including phenoxy) is 1. The van der Waals surface area contributed by atoms with Gasteiger partial charge in [-0.1, -0.05) is 11.8 Å². The van der Waals surface area contributed by atoms with Gasteiger partial charge in [-0.25, -0.2) is 4.79 Å². The summed E-state index contributed by atoms with van der Waals surface area (Å²) in [5, 5.41) is 7.82. The van der Waals surface area contributed by atoms with Crippen LogP contribution in [0.25, 0.3) is 0 Å². The zero-order valence-corrected chi connectivity index (χ0v) is 8.19. The molecule has 13 heavy (non-hydrogen) atoms. The van der Waals surface area contributed by atoms with Crippen LogP contribution in [0.3, 0.4) is 0 Å². The van der Waals surface area contributed by atoms with Gasteiger partial charge in [0.2, 0.25) is 0 Å². The molecule has 1 aliphatic carbocycles. The van der Waals surface area contributed by atoms with Gasteiger partial charge < -0.3 is 10.1 Å². The summed E-state index contributed by atoms with van der Waals surface area (Å²) in [7, 11) is 1.84. The molecule has 5 heteroatoms. The monoisotopic (exact) mass is 200 g/mol. The Hall–Kier alpha value is -0.680. The van der Waals surface area contributed by atoms with E-state index in [2.05, 4.69) is 10.6 Å². The van der Waals surface area contributed by atoms with E-state index in [1.807, 2.05) is 7.05 Å². The van der Waals surface area contributed by atoms with Crippen LogP contribution in [-0.2, 0) is 9.53 Å². The number of hydrogen-bond acceptors (Lipinski definition) is 5. The predicted octanol–water partition coefficient (Wildman–Crippen LogP) is 0.373. The maximum atomic E-state index is 11.4. The molecule has 0 amide bonds. The van der Waals surface area contributed by atoms with E-state index in [9.17, 15) is 4.79 Å². The van der Waals surface area contributed by atoms with Crippen molar-refractivity contribution in [2.75, 3.05) is 7.05 Å². The topological polar surface area (TPSA) is 50.4 Å². The number of hydrogen-bond donors (Lipinski definition) is 2. The highest BCUT2D eigenvalue weighted by Gasteiger charge is 2.29. The summed E-state index contributed by atoms with van der Waals surface area (Å²) in [6.45, 7) is 0. The fraction of sp³-hybridized carbons (Fsp3) is 0.625. The summed E-state index contributed by atoms with van der Waals surface area (Å²) in [5.74, 6) is -0.229. The molecule has 1 fully saturated rings. The second-order valence-electron chi connectivity index (χ2n) is 3.09. The first kappa shape index (κ1) is 8.90. The lowest BCUT2D eigenvalue weighted by Crippen LogP contribution is -2.35. The molecular weight excluding hydrogens is 188 g/mol. The fourth-order valence-electron chi connectivity index (χ4n) is 0.993. The highest BCUT2D eigenvalue weighted by atomic mass is 32.2. The van der Waals surface area contributed by atoms with Gasteiger partial charge in [0, 0.05) is 5.41 Å². The van der Waals surface area contributed by atoms with Crippen molar-refractivity contribution in [3.63, 3.8) is 0 Å². The zero-order chi connectivity index (χ0) is 9.26. The van der Waals surface area contributed by atoms with Gasteiger partial charge >= 0.3 is 5.97 Å². The summed E-state index contributed by atoms with van der Waals surface area (Å²) >= 11 is 1.54. The Morgan fingerprint density at radius 1 is 1.77 bits per heavy atom. The van der Waals surface area contributed by atoms with E-state index in [0.717, 1.165) is 12.8 Å². The highest BCUT2D eigenvalue weighted by Crippen LogP contribution is 2.26. The Kier molecular flexibility index (Phi) is 2.46. The molecule has 1 atom stereocenters. The Morgan fingerprint density at radius 3 is 3.08 bits per heavy atom. The molecule has 1 unspecified atom stereocenters. The summed E-state index contributed by atoms with van der Waals surface area (Å²) in [6, 6.07) is 0. The van der Waals surface area contributed by atoms with Gasteiger partial charge in [0.05, 0.1) is 0 Å². The third kappa shape index (κ3) is 2.16. The van der Waals surface area contributed by atoms with Crippen molar-refractivity contribution >= 4 is 17.7 Å². The molecule has 2 N–H and O–H groups in total. The molecule has 4 nitrogen and oxygen atoms in total. The van der Waals surface area contributed by atoms with Crippen LogP contribution in [0.4, 0.5) is 0 Å². The van der Waals surface area contributed by atoms with Gasteiger partial charge in [0.15, 0.2) is 0 Å². The quantitative estimate of drug-likeness (QED) is 0.645. The Balaban J connectivity index is 1.83. The van der Waals surface area contributed by atoms with Gasteiger partial charge in [-0.15, -0.1) is 0 Å². The van der Waals surface area contributed by atoms with Crippen molar-refractivity contribution in [1.82, 2.24) is 10.6 Å². The molecule has 1 aliphatic heterocycles. The van der Waals surface area contributed by atoms with Crippen LogP contribution >= 0.6 is 11.8 Å². The maximum Gasteiger partial charge on any atom is 0.355 e. The Bertz CT molecular complexity index is 251.